The minimum Gasteiger partial charge on any atom is -0.298 e. The zero-order chi connectivity index (χ0) is 14.8. The first-order valence-electron chi connectivity index (χ1n) is 6.49. The summed E-state index contributed by atoms with van der Waals surface area (Å²) in [5, 5.41) is 0. The standard InChI is InChI=1S/C13H9OS.C6H5.U/c14-10-11-6-4-5-9-13(11)15-12-7-2-1-3-8-12;1-2-4-6-5-3-1;/h2-10H;1-5H;/q2*-1;+2. The molecule has 0 aliphatic rings. The van der Waals surface area contributed by atoms with E-state index in [1.807, 2.05) is 78.9 Å². The van der Waals surface area contributed by atoms with Crippen LogP contribution in [0.4, 0.5) is 0 Å². The summed E-state index contributed by atoms with van der Waals surface area (Å²) >= 11 is 1.59. The average Bonchev–Trinajstić information content (AvgIpc) is 2.58. The van der Waals surface area contributed by atoms with E-state index in [2.05, 4.69) is 12.1 Å². The molecule has 0 saturated heterocycles. The Balaban J connectivity index is 0.000000293. The van der Waals surface area contributed by atoms with Crippen molar-refractivity contribution >= 4 is 18.0 Å². The van der Waals surface area contributed by atoms with E-state index < -0.39 is 0 Å². The number of rotatable bonds is 3. The first-order valence-corrected chi connectivity index (χ1v) is 7.31. The first kappa shape index (κ1) is 18.8. The van der Waals surface area contributed by atoms with Crippen LogP contribution >= 0.6 is 11.8 Å². The fourth-order valence-corrected chi connectivity index (χ4v) is 2.49. The van der Waals surface area contributed by atoms with Crippen molar-refractivity contribution in [1.82, 2.24) is 0 Å². The Bertz CT molecular complexity index is 630. The van der Waals surface area contributed by atoms with Gasteiger partial charge in [0.2, 0.25) is 0 Å². The molecule has 106 valence electrons. The Morgan fingerprint density at radius 1 is 0.773 bits per heavy atom. The number of hydrogen-bond donors (Lipinski definition) is 0. The van der Waals surface area contributed by atoms with Gasteiger partial charge in [0.15, 0.2) is 6.29 Å². The van der Waals surface area contributed by atoms with E-state index in [9.17, 15) is 4.79 Å². The van der Waals surface area contributed by atoms with Gasteiger partial charge in [-0.2, -0.15) is 66.7 Å². The van der Waals surface area contributed by atoms with Crippen LogP contribution in [-0.4, -0.2) is 6.29 Å². The molecule has 0 N–H and O–H groups in total. The van der Waals surface area contributed by atoms with Crippen LogP contribution in [0.15, 0.2) is 88.7 Å². The summed E-state index contributed by atoms with van der Waals surface area (Å²) in [6.45, 7) is 0. The van der Waals surface area contributed by atoms with Crippen molar-refractivity contribution in [1.29, 1.82) is 0 Å². The third kappa shape index (κ3) is 6.66. The summed E-state index contributed by atoms with van der Waals surface area (Å²) in [4.78, 5) is 12.9. The zero-order valence-electron chi connectivity index (χ0n) is 11.9. The molecule has 0 saturated carbocycles. The molecule has 0 aromatic heterocycles. The number of aldehydes is 1. The molecule has 0 amide bonds. The summed E-state index contributed by atoms with van der Waals surface area (Å²) in [6.07, 6.45) is 0.886. The van der Waals surface area contributed by atoms with Crippen molar-refractivity contribution in [2.45, 2.75) is 9.79 Å². The average molecular weight is 528 g/mol. The Labute approximate surface area is 159 Å². The quantitative estimate of drug-likeness (QED) is 0.354. The maximum atomic E-state index is 10.8. The van der Waals surface area contributed by atoms with Gasteiger partial charge in [-0.05, 0) is 6.07 Å². The maximum absolute atomic E-state index is 10.8. The Kier molecular flexibility index (Phi) is 9.66. The van der Waals surface area contributed by atoms with Crippen LogP contribution in [0.2, 0.25) is 0 Å². The number of benzene rings is 3. The van der Waals surface area contributed by atoms with Crippen LogP contribution < -0.4 is 0 Å². The van der Waals surface area contributed by atoms with Crippen molar-refractivity contribution in [2.75, 3.05) is 0 Å². The molecule has 0 spiro atoms. The van der Waals surface area contributed by atoms with Gasteiger partial charge in [0.25, 0.3) is 0 Å². The Morgan fingerprint density at radius 2 is 1.41 bits per heavy atom. The minimum atomic E-state index is 0. The number of carbonyl (C=O) groups excluding carboxylic acids is 1. The van der Waals surface area contributed by atoms with Crippen LogP contribution in [0, 0.1) is 43.2 Å². The van der Waals surface area contributed by atoms with Crippen LogP contribution in [0.5, 0.6) is 0 Å². The number of carbonyl (C=O) groups is 1. The van der Waals surface area contributed by atoms with Gasteiger partial charge in [-0.3, -0.25) is 4.79 Å². The minimum absolute atomic E-state index is 0. The first-order chi connectivity index (χ1) is 10.4. The molecule has 3 aromatic carbocycles. The SMILES string of the molecule is O=Cc1ccccc1Sc1cc[c-]cc1.[U+2].[c-]1ccccc1. The molecular formula is C19H14OSU. The van der Waals surface area contributed by atoms with Crippen molar-refractivity contribution < 1.29 is 35.9 Å². The smallest absolute Gasteiger partial charge is 0.298 e. The van der Waals surface area contributed by atoms with Crippen LogP contribution in [-0.2, 0) is 0 Å². The monoisotopic (exact) mass is 528 g/mol. The molecule has 0 atom stereocenters. The Hall–Kier alpha value is -1.27. The molecule has 3 heteroatoms. The van der Waals surface area contributed by atoms with E-state index in [-0.39, 0.29) is 31.1 Å². The van der Waals surface area contributed by atoms with Crippen LogP contribution in [0.3, 0.4) is 0 Å². The predicted molar refractivity (Wildman–Crippen MR) is 86.5 cm³/mol. The van der Waals surface area contributed by atoms with Crippen molar-refractivity contribution in [3.8, 4) is 0 Å². The van der Waals surface area contributed by atoms with Gasteiger partial charge in [0, 0.05) is 10.5 Å². The van der Waals surface area contributed by atoms with Crippen molar-refractivity contribution in [3.63, 3.8) is 0 Å². The molecular weight excluding hydrogens is 514 g/mol. The van der Waals surface area contributed by atoms with Gasteiger partial charge in [0.05, 0.1) is 0 Å². The second kappa shape index (κ2) is 11.3. The second-order valence-corrected chi connectivity index (χ2v) is 5.19. The van der Waals surface area contributed by atoms with E-state index in [0.29, 0.717) is 0 Å². The molecule has 0 bridgehead atoms. The molecule has 0 unspecified atom stereocenters. The van der Waals surface area contributed by atoms with Gasteiger partial charge < -0.3 is 0 Å². The zero-order valence-corrected chi connectivity index (χ0v) is 16.9. The fourth-order valence-electron chi connectivity index (χ4n) is 1.58. The normalized spacial score (nSPS) is 8.91. The summed E-state index contributed by atoms with van der Waals surface area (Å²) < 4.78 is 0. The topological polar surface area (TPSA) is 17.1 Å². The van der Waals surface area contributed by atoms with Gasteiger partial charge in [0.1, 0.15) is 0 Å². The van der Waals surface area contributed by atoms with E-state index in [1.54, 1.807) is 11.8 Å². The summed E-state index contributed by atoms with van der Waals surface area (Å²) in [6, 6.07) is 30.7. The molecule has 0 aliphatic carbocycles. The number of hydrogen-bond acceptors (Lipinski definition) is 2. The molecule has 0 radical (unpaired) electrons. The molecule has 0 aliphatic heterocycles. The third-order valence-corrected chi connectivity index (χ3v) is 3.67. The molecule has 1 nitrogen and oxygen atoms in total. The van der Waals surface area contributed by atoms with Crippen LogP contribution in [0.25, 0.3) is 0 Å². The van der Waals surface area contributed by atoms with Gasteiger partial charge in [-0.1, -0.05) is 23.1 Å². The molecule has 0 heterocycles. The summed E-state index contributed by atoms with van der Waals surface area (Å²) in [5.41, 5.74) is 0.732. The molecule has 3 aromatic rings. The largest absolute Gasteiger partial charge is 2.00 e. The summed E-state index contributed by atoms with van der Waals surface area (Å²) in [5.74, 6) is 0. The third-order valence-electron chi connectivity index (χ3n) is 2.57. The van der Waals surface area contributed by atoms with Gasteiger partial charge in [-0.15, -0.1) is 11.8 Å². The molecule has 22 heavy (non-hydrogen) atoms. The van der Waals surface area contributed by atoms with E-state index >= 15 is 0 Å². The van der Waals surface area contributed by atoms with Crippen molar-refractivity contribution in [2.24, 2.45) is 0 Å². The molecule has 0 fully saturated rings. The van der Waals surface area contributed by atoms with E-state index in [4.69, 9.17) is 0 Å². The van der Waals surface area contributed by atoms with Crippen LogP contribution in [0.1, 0.15) is 10.4 Å². The van der Waals surface area contributed by atoms with Gasteiger partial charge >= 0.3 is 31.1 Å². The maximum Gasteiger partial charge on any atom is 2.00 e. The van der Waals surface area contributed by atoms with E-state index in [0.717, 1.165) is 21.6 Å². The van der Waals surface area contributed by atoms with Crippen molar-refractivity contribution in [3.05, 3.63) is 96.6 Å². The molecule has 3 rings (SSSR count). The second-order valence-electron chi connectivity index (χ2n) is 4.07. The van der Waals surface area contributed by atoms with E-state index in [1.165, 1.54) is 0 Å². The predicted octanol–water partition coefficient (Wildman–Crippen LogP) is 4.94. The fraction of sp³-hybridized carbons (Fsp3) is 0. The summed E-state index contributed by atoms with van der Waals surface area (Å²) in [7, 11) is 0. The Morgan fingerprint density at radius 3 is 1.95 bits per heavy atom. The van der Waals surface area contributed by atoms with Gasteiger partial charge in [-0.25, -0.2) is 0 Å².